The van der Waals surface area contributed by atoms with Gasteiger partial charge in [0.25, 0.3) is 0 Å². The number of hydrogen-bond acceptors (Lipinski definition) is 5. The molecule has 1 aliphatic rings. The maximum absolute atomic E-state index is 12.2. The van der Waals surface area contributed by atoms with E-state index in [9.17, 15) is 4.79 Å². The van der Waals surface area contributed by atoms with Crippen molar-refractivity contribution >= 4 is 5.82 Å². The van der Waals surface area contributed by atoms with Crippen LogP contribution in [0.5, 0.6) is 5.88 Å². The van der Waals surface area contributed by atoms with Gasteiger partial charge in [-0.1, -0.05) is 12.1 Å². The molecule has 0 radical (unpaired) electrons. The SMILES string of the molecule is CC1CCn2c(cc(OCc3cccc(C#N)c3)nc2=O)N1C. The lowest BCUT2D eigenvalue weighted by Gasteiger charge is -2.34. The predicted molar refractivity (Wildman–Crippen MR) is 86.5 cm³/mol. The fraction of sp³-hybridized carbons (Fsp3) is 0.353. The number of ether oxygens (including phenoxy) is 1. The van der Waals surface area contributed by atoms with E-state index in [-0.39, 0.29) is 12.3 Å². The first-order valence-corrected chi connectivity index (χ1v) is 7.55. The Balaban J connectivity index is 1.83. The molecule has 1 atom stereocenters. The van der Waals surface area contributed by atoms with Crippen molar-refractivity contribution in [3.05, 3.63) is 51.9 Å². The average molecular weight is 310 g/mol. The standard InChI is InChI=1S/C17H18N4O2/c1-12-6-7-21-16(20(12)2)9-15(19-17(21)22)23-11-14-5-3-4-13(8-14)10-18/h3-5,8-9,12H,6-7,11H2,1-2H3. The van der Waals surface area contributed by atoms with Gasteiger partial charge in [-0.05, 0) is 31.0 Å². The lowest BCUT2D eigenvalue weighted by molar-refractivity contribution is 0.290. The van der Waals surface area contributed by atoms with Crippen molar-refractivity contribution in [2.45, 2.75) is 32.5 Å². The second-order valence-corrected chi connectivity index (χ2v) is 5.74. The molecule has 1 aromatic carbocycles. The van der Waals surface area contributed by atoms with E-state index >= 15 is 0 Å². The fourth-order valence-corrected chi connectivity index (χ4v) is 2.67. The number of rotatable bonds is 3. The van der Waals surface area contributed by atoms with Crippen LogP contribution in [0.1, 0.15) is 24.5 Å². The highest BCUT2D eigenvalue weighted by atomic mass is 16.5. The summed E-state index contributed by atoms with van der Waals surface area (Å²) < 4.78 is 7.33. The van der Waals surface area contributed by atoms with Gasteiger partial charge in [0.05, 0.1) is 11.6 Å². The molecule has 23 heavy (non-hydrogen) atoms. The lowest BCUT2D eigenvalue weighted by atomic mass is 10.1. The van der Waals surface area contributed by atoms with Crippen molar-refractivity contribution in [1.82, 2.24) is 9.55 Å². The van der Waals surface area contributed by atoms with Crippen molar-refractivity contribution in [2.75, 3.05) is 11.9 Å². The molecule has 6 nitrogen and oxygen atoms in total. The summed E-state index contributed by atoms with van der Waals surface area (Å²) in [6, 6.07) is 11.4. The number of benzene rings is 1. The molecular formula is C17H18N4O2. The monoisotopic (exact) mass is 310 g/mol. The van der Waals surface area contributed by atoms with Gasteiger partial charge in [0.1, 0.15) is 12.4 Å². The van der Waals surface area contributed by atoms with Crippen molar-refractivity contribution in [3.8, 4) is 11.9 Å². The van der Waals surface area contributed by atoms with Crippen LogP contribution in [0, 0.1) is 11.3 Å². The van der Waals surface area contributed by atoms with Crippen LogP contribution in [0.15, 0.2) is 35.1 Å². The number of aromatic nitrogens is 2. The molecule has 2 heterocycles. The van der Waals surface area contributed by atoms with Crippen LogP contribution in [-0.2, 0) is 13.2 Å². The molecule has 118 valence electrons. The maximum Gasteiger partial charge on any atom is 0.352 e. The second kappa shape index (κ2) is 6.13. The molecule has 0 saturated carbocycles. The summed E-state index contributed by atoms with van der Waals surface area (Å²) in [5.41, 5.74) is 1.16. The number of nitriles is 1. The summed E-state index contributed by atoms with van der Waals surface area (Å²) in [4.78, 5) is 18.2. The normalized spacial score (nSPS) is 16.6. The van der Waals surface area contributed by atoms with Crippen molar-refractivity contribution in [1.29, 1.82) is 5.26 Å². The fourth-order valence-electron chi connectivity index (χ4n) is 2.67. The van der Waals surface area contributed by atoms with Gasteiger partial charge >= 0.3 is 5.69 Å². The molecule has 0 amide bonds. The quantitative estimate of drug-likeness (QED) is 0.866. The van der Waals surface area contributed by atoms with Crippen LogP contribution in [-0.4, -0.2) is 22.6 Å². The van der Waals surface area contributed by atoms with Crippen molar-refractivity contribution < 1.29 is 4.74 Å². The number of anilines is 1. The lowest BCUT2D eigenvalue weighted by Crippen LogP contribution is -2.41. The van der Waals surface area contributed by atoms with Gasteiger partial charge < -0.3 is 9.64 Å². The van der Waals surface area contributed by atoms with E-state index in [2.05, 4.69) is 22.9 Å². The Labute approximate surface area is 134 Å². The smallest absolute Gasteiger partial charge is 0.352 e. The van der Waals surface area contributed by atoms with Crippen LogP contribution in [0.3, 0.4) is 0 Å². The van der Waals surface area contributed by atoms with Crippen molar-refractivity contribution in [3.63, 3.8) is 0 Å². The first-order valence-electron chi connectivity index (χ1n) is 7.55. The van der Waals surface area contributed by atoms with Gasteiger partial charge in [0, 0.05) is 25.7 Å². The molecular weight excluding hydrogens is 292 g/mol. The average Bonchev–Trinajstić information content (AvgIpc) is 2.57. The van der Waals surface area contributed by atoms with E-state index in [1.165, 1.54) is 0 Å². The summed E-state index contributed by atoms with van der Waals surface area (Å²) in [5, 5.41) is 8.92. The van der Waals surface area contributed by atoms with E-state index in [1.807, 2.05) is 19.2 Å². The van der Waals surface area contributed by atoms with E-state index < -0.39 is 0 Å². The first kappa shape index (κ1) is 15.1. The molecule has 2 aromatic rings. The highest BCUT2D eigenvalue weighted by Crippen LogP contribution is 2.24. The van der Waals surface area contributed by atoms with Gasteiger partial charge in [-0.3, -0.25) is 4.57 Å². The summed E-state index contributed by atoms with van der Waals surface area (Å²) in [6.45, 7) is 3.07. The third-order valence-electron chi connectivity index (χ3n) is 4.20. The third kappa shape index (κ3) is 3.04. The van der Waals surface area contributed by atoms with Crippen molar-refractivity contribution in [2.24, 2.45) is 0 Å². The Kier molecular flexibility index (Phi) is 4.02. The number of nitrogens with zero attached hydrogens (tertiary/aromatic N) is 4. The van der Waals surface area contributed by atoms with E-state index in [1.54, 1.807) is 22.8 Å². The Bertz CT molecular complexity index is 822. The summed E-state index contributed by atoms with van der Waals surface area (Å²) in [7, 11) is 1.97. The topological polar surface area (TPSA) is 71.1 Å². The van der Waals surface area contributed by atoms with E-state index in [4.69, 9.17) is 10.00 Å². The molecule has 0 saturated heterocycles. The highest BCUT2D eigenvalue weighted by Gasteiger charge is 2.22. The molecule has 3 rings (SSSR count). The van der Waals surface area contributed by atoms with Gasteiger partial charge in [-0.25, -0.2) is 4.79 Å². The van der Waals surface area contributed by atoms with Gasteiger partial charge in [-0.2, -0.15) is 10.2 Å². The van der Waals surface area contributed by atoms with Gasteiger partial charge in [0.15, 0.2) is 0 Å². The third-order valence-corrected chi connectivity index (χ3v) is 4.20. The minimum atomic E-state index is -0.290. The van der Waals surface area contributed by atoms with Gasteiger partial charge in [-0.15, -0.1) is 0 Å². The summed E-state index contributed by atoms with van der Waals surface area (Å²) in [6.07, 6.45) is 0.923. The molecule has 0 bridgehead atoms. The zero-order chi connectivity index (χ0) is 16.4. The summed E-state index contributed by atoms with van der Waals surface area (Å²) in [5.74, 6) is 1.13. The van der Waals surface area contributed by atoms with Crippen LogP contribution in [0.2, 0.25) is 0 Å². The predicted octanol–water partition coefficient (Wildman–Crippen LogP) is 1.92. The maximum atomic E-state index is 12.2. The minimum absolute atomic E-state index is 0.269. The second-order valence-electron chi connectivity index (χ2n) is 5.74. The zero-order valence-corrected chi connectivity index (χ0v) is 13.2. The molecule has 6 heteroatoms. The van der Waals surface area contributed by atoms with Crippen LogP contribution < -0.4 is 15.3 Å². The largest absolute Gasteiger partial charge is 0.473 e. The Morgan fingerprint density at radius 3 is 3.04 bits per heavy atom. The zero-order valence-electron chi connectivity index (χ0n) is 13.2. The molecule has 0 spiro atoms. The Morgan fingerprint density at radius 2 is 2.26 bits per heavy atom. The number of hydrogen-bond donors (Lipinski definition) is 0. The Hall–Kier alpha value is -2.81. The van der Waals surface area contributed by atoms with E-state index in [0.717, 1.165) is 17.8 Å². The highest BCUT2D eigenvalue weighted by molar-refractivity contribution is 5.44. The molecule has 1 aliphatic heterocycles. The minimum Gasteiger partial charge on any atom is -0.473 e. The summed E-state index contributed by atoms with van der Waals surface area (Å²) >= 11 is 0. The molecule has 0 fully saturated rings. The Morgan fingerprint density at radius 1 is 1.43 bits per heavy atom. The molecule has 1 aromatic heterocycles. The molecule has 0 N–H and O–H groups in total. The van der Waals surface area contributed by atoms with Gasteiger partial charge in [0.2, 0.25) is 5.88 Å². The number of fused-ring (bicyclic) bond motifs is 1. The molecule has 0 aliphatic carbocycles. The first-order chi connectivity index (χ1) is 11.1. The van der Waals surface area contributed by atoms with Crippen LogP contribution >= 0.6 is 0 Å². The van der Waals surface area contributed by atoms with Crippen LogP contribution in [0.4, 0.5) is 5.82 Å². The molecule has 1 unspecified atom stereocenters. The van der Waals surface area contributed by atoms with E-state index in [0.29, 0.717) is 24.0 Å². The van der Waals surface area contributed by atoms with Crippen LogP contribution in [0.25, 0.3) is 0 Å².